The Hall–Kier alpha value is -1.74. The number of nitrogens with two attached hydrogens (primary N) is 1. The van der Waals surface area contributed by atoms with Gasteiger partial charge in [-0.2, -0.15) is 4.98 Å². The zero-order chi connectivity index (χ0) is 17.1. The third-order valence-electron chi connectivity index (χ3n) is 3.71. The van der Waals surface area contributed by atoms with Crippen LogP contribution in [0.3, 0.4) is 0 Å². The Morgan fingerprint density at radius 3 is 2.70 bits per heavy atom. The van der Waals surface area contributed by atoms with Crippen molar-refractivity contribution in [3.8, 4) is 0 Å². The fourth-order valence-corrected chi connectivity index (χ4v) is 2.44. The van der Waals surface area contributed by atoms with E-state index in [9.17, 15) is 15.0 Å². The van der Waals surface area contributed by atoms with Gasteiger partial charge in [0.25, 0.3) is 0 Å². The van der Waals surface area contributed by atoms with Gasteiger partial charge < -0.3 is 25.8 Å². The number of aromatic nitrogens is 2. The van der Waals surface area contributed by atoms with Crippen LogP contribution in [0, 0.1) is 5.92 Å². The molecule has 23 heavy (non-hydrogen) atoms. The maximum Gasteiger partial charge on any atom is 0.351 e. The molecule has 1 saturated heterocycles. The molecule has 128 valence electrons. The van der Waals surface area contributed by atoms with Crippen LogP contribution in [0.1, 0.15) is 25.6 Å². The normalized spacial score (nSPS) is 28.1. The molecular formula is C15H23N3O5. The molecule has 1 aliphatic heterocycles. The highest BCUT2D eigenvalue weighted by atomic mass is 16.6. The van der Waals surface area contributed by atoms with E-state index in [2.05, 4.69) is 4.98 Å². The lowest BCUT2D eigenvalue weighted by Gasteiger charge is -2.18. The van der Waals surface area contributed by atoms with Crippen LogP contribution < -0.4 is 11.4 Å². The Morgan fingerprint density at radius 2 is 2.13 bits per heavy atom. The van der Waals surface area contributed by atoms with Gasteiger partial charge in [-0.3, -0.25) is 4.57 Å². The third kappa shape index (κ3) is 3.78. The highest BCUT2D eigenvalue weighted by Gasteiger charge is 2.43. The van der Waals surface area contributed by atoms with Gasteiger partial charge in [0.1, 0.15) is 24.1 Å². The molecule has 0 saturated carbocycles. The number of hydrogen-bond donors (Lipinski definition) is 4. The summed E-state index contributed by atoms with van der Waals surface area (Å²) in [7, 11) is 0. The summed E-state index contributed by atoms with van der Waals surface area (Å²) >= 11 is 0. The number of nitrogen functional groups attached to an aromatic ring is 1. The van der Waals surface area contributed by atoms with Crippen LogP contribution >= 0.6 is 0 Å². The maximum absolute atomic E-state index is 12.0. The van der Waals surface area contributed by atoms with Gasteiger partial charge in [-0.05, 0) is 12.3 Å². The van der Waals surface area contributed by atoms with Crippen molar-refractivity contribution in [2.24, 2.45) is 5.92 Å². The van der Waals surface area contributed by atoms with Gasteiger partial charge in [0, 0.05) is 11.8 Å². The molecule has 0 aromatic carbocycles. The number of ether oxygens (including phenoxy) is 1. The fraction of sp³-hybridized carbons (Fsp3) is 0.600. The Labute approximate surface area is 133 Å². The van der Waals surface area contributed by atoms with Gasteiger partial charge in [0.2, 0.25) is 0 Å². The predicted molar refractivity (Wildman–Crippen MR) is 83.6 cm³/mol. The second-order valence-corrected chi connectivity index (χ2v) is 5.95. The average molecular weight is 325 g/mol. The van der Waals surface area contributed by atoms with Gasteiger partial charge in [0.05, 0.1) is 6.61 Å². The highest BCUT2D eigenvalue weighted by Crippen LogP contribution is 2.28. The second kappa shape index (κ2) is 7.22. The first-order chi connectivity index (χ1) is 10.8. The van der Waals surface area contributed by atoms with Gasteiger partial charge in [-0.15, -0.1) is 0 Å². The zero-order valence-corrected chi connectivity index (χ0v) is 13.2. The summed E-state index contributed by atoms with van der Waals surface area (Å²) in [5, 5.41) is 29.0. The minimum Gasteiger partial charge on any atom is -0.394 e. The maximum atomic E-state index is 12.0. The van der Waals surface area contributed by atoms with E-state index >= 15 is 0 Å². The molecule has 0 aliphatic carbocycles. The summed E-state index contributed by atoms with van der Waals surface area (Å²) in [6, 6.07) is 0. The number of aliphatic hydroxyl groups excluding tert-OH is 3. The fourth-order valence-electron chi connectivity index (χ4n) is 2.44. The summed E-state index contributed by atoms with van der Waals surface area (Å²) in [6.45, 7) is 3.62. The number of rotatable bonds is 5. The monoisotopic (exact) mass is 325 g/mol. The second-order valence-electron chi connectivity index (χ2n) is 5.95. The van der Waals surface area contributed by atoms with Crippen molar-refractivity contribution in [1.29, 1.82) is 0 Å². The lowest BCUT2D eigenvalue weighted by molar-refractivity contribution is -0.0550. The summed E-state index contributed by atoms with van der Waals surface area (Å²) in [5.74, 6) is 0.502. The number of anilines is 1. The molecule has 2 heterocycles. The van der Waals surface area contributed by atoms with Crippen LogP contribution in [0.2, 0.25) is 0 Å². The molecule has 2 rings (SSSR count). The zero-order valence-electron chi connectivity index (χ0n) is 13.2. The minimum atomic E-state index is -1.34. The summed E-state index contributed by atoms with van der Waals surface area (Å²) in [6.07, 6.45) is 1.18. The Balaban J connectivity index is 2.30. The first kappa shape index (κ1) is 17.6. The molecule has 8 heteroatoms. The van der Waals surface area contributed by atoms with Gasteiger partial charge in [0.15, 0.2) is 6.23 Å². The van der Waals surface area contributed by atoms with E-state index in [4.69, 9.17) is 15.6 Å². The molecule has 0 bridgehead atoms. The predicted octanol–water partition coefficient (Wildman–Crippen LogP) is -0.808. The first-order valence-corrected chi connectivity index (χ1v) is 7.51. The number of aliphatic hydroxyl groups is 3. The topological polar surface area (TPSA) is 131 Å². The van der Waals surface area contributed by atoms with E-state index < -0.39 is 36.8 Å². The smallest absolute Gasteiger partial charge is 0.351 e. The van der Waals surface area contributed by atoms with E-state index in [0.717, 1.165) is 4.57 Å². The van der Waals surface area contributed by atoms with Crippen molar-refractivity contribution >= 4 is 5.82 Å². The molecule has 8 nitrogen and oxygen atoms in total. The van der Waals surface area contributed by atoms with Gasteiger partial charge >= 0.3 is 5.69 Å². The Morgan fingerprint density at radius 1 is 1.43 bits per heavy atom. The summed E-state index contributed by atoms with van der Waals surface area (Å²) in [4.78, 5) is 15.8. The molecule has 2 unspecified atom stereocenters. The SMILES string of the molecule is CC(C)C=CCc1cn([C@@H]2O[C@H](CO)C(O)C2O)c(=O)nc1N. The molecule has 1 fully saturated rings. The lowest BCUT2D eigenvalue weighted by Crippen LogP contribution is -2.36. The van der Waals surface area contributed by atoms with Crippen molar-refractivity contribution in [3.63, 3.8) is 0 Å². The molecule has 0 spiro atoms. The summed E-state index contributed by atoms with van der Waals surface area (Å²) in [5.41, 5.74) is 5.69. The van der Waals surface area contributed by atoms with Crippen molar-refractivity contribution < 1.29 is 20.1 Å². The van der Waals surface area contributed by atoms with Crippen LogP contribution in [-0.4, -0.2) is 49.8 Å². The molecular weight excluding hydrogens is 302 g/mol. The van der Waals surface area contributed by atoms with Crippen LogP contribution in [0.25, 0.3) is 0 Å². The van der Waals surface area contributed by atoms with Crippen LogP contribution in [0.4, 0.5) is 5.82 Å². The highest BCUT2D eigenvalue weighted by molar-refractivity contribution is 5.38. The van der Waals surface area contributed by atoms with E-state index in [0.29, 0.717) is 17.9 Å². The van der Waals surface area contributed by atoms with Crippen LogP contribution in [0.15, 0.2) is 23.1 Å². The standard InChI is InChI=1S/C15H23N3O5/c1-8(2)4-3-5-9-6-18(15(22)17-13(9)16)14-12(21)11(20)10(7-19)23-14/h3-4,6,8,10-12,14,19-21H,5,7H2,1-2H3,(H2,16,17,22)/t10-,11?,12?,14-/m1/s1. The molecule has 1 aromatic heterocycles. The van der Waals surface area contributed by atoms with Crippen LogP contribution in [0.5, 0.6) is 0 Å². The van der Waals surface area contributed by atoms with Crippen molar-refractivity contribution in [2.75, 3.05) is 12.3 Å². The number of hydrogen-bond acceptors (Lipinski definition) is 7. The molecule has 0 amide bonds. The average Bonchev–Trinajstić information content (AvgIpc) is 2.77. The Bertz CT molecular complexity index is 628. The van der Waals surface area contributed by atoms with Gasteiger partial charge in [-0.1, -0.05) is 26.0 Å². The summed E-state index contributed by atoms with van der Waals surface area (Å²) < 4.78 is 6.45. The van der Waals surface area contributed by atoms with E-state index in [1.54, 1.807) is 0 Å². The largest absolute Gasteiger partial charge is 0.394 e. The van der Waals surface area contributed by atoms with Crippen molar-refractivity contribution in [2.45, 2.75) is 44.8 Å². The minimum absolute atomic E-state index is 0.117. The van der Waals surface area contributed by atoms with Gasteiger partial charge in [-0.25, -0.2) is 4.79 Å². The lowest BCUT2D eigenvalue weighted by atomic mass is 10.1. The quantitative estimate of drug-likeness (QED) is 0.521. The molecule has 5 N–H and O–H groups in total. The number of nitrogens with zero attached hydrogens (tertiary/aromatic N) is 2. The van der Waals surface area contributed by atoms with E-state index in [1.807, 2.05) is 26.0 Å². The molecule has 0 radical (unpaired) electrons. The molecule has 4 atom stereocenters. The van der Waals surface area contributed by atoms with E-state index in [1.165, 1.54) is 6.20 Å². The number of allylic oxidation sites excluding steroid dienone is 2. The van der Waals surface area contributed by atoms with Crippen LogP contribution in [-0.2, 0) is 11.2 Å². The van der Waals surface area contributed by atoms with Crippen molar-refractivity contribution in [1.82, 2.24) is 9.55 Å². The molecule has 1 aromatic rings. The van der Waals surface area contributed by atoms with Crippen molar-refractivity contribution in [3.05, 3.63) is 34.4 Å². The third-order valence-corrected chi connectivity index (χ3v) is 3.71. The first-order valence-electron chi connectivity index (χ1n) is 7.51. The van der Waals surface area contributed by atoms with E-state index in [-0.39, 0.29) is 5.82 Å². The molecule has 1 aliphatic rings. The Kier molecular flexibility index (Phi) is 5.53.